The first kappa shape index (κ1) is 12.9. The monoisotopic (exact) mass is 218 g/mol. The molecule has 2 unspecified atom stereocenters. The van der Waals surface area contributed by atoms with Crippen molar-refractivity contribution in [2.24, 2.45) is 5.92 Å². The first-order valence-corrected chi connectivity index (χ1v) is 5.73. The highest BCUT2D eigenvalue weighted by molar-refractivity contribution is 4.88. The second-order valence-electron chi connectivity index (χ2n) is 4.47. The molecule has 4 heteroatoms. The van der Waals surface area contributed by atoms with Crippen LogP contribution in [0.15, 0.2) is 0 Å². The second-order valence-corrected chi connectivity index (χ2v) is 4.47. The molecule has 1 heterocycles. The summed E-state index contributed by atoms with van der Waals surface area (Å²) in [4.78, 5) is 0. The van der Waals surface area contributed by atoms with Crippen molar-refractivity contribution < 1.29 is 20.1 Å². The Bertz CT molecular complexity index is 185. The van der Waals surface area contributed by atoms with Gasteiger partial charge >= 0.3 is 0 Å². The molecule has 3 N–H and O–H groups in total. The second kappa shape index (κ2) is 5.80. The van der Waals surface area contributed by atoms with Crippen LogP contribution in [0.5, 0.6) is 0 Å². The summed E-state index contributed by atoms with van der Waals surface area (Å²) in [5.74, 6) is 0.210. The number of hydrogen-bond donors (Lipinski definition) is 3. The minimum atomic E-state index is -1.08. The lowest BCUT2D eigenvalue weighted by atomic mass is 9.88. The summed E-state index contributed by atoms with van der Waals surface area (Å²) in [6, 6.07) is 0. The maximum Gasteiger partial charge on any atom is 0.111 e. The SMILES string of the molecule is CCCCC(C)C1OC[C@@H](O)[C@H](O)[C@H]1O. The van der Waals surface area contributed by atoms with Crippen LogP contribution in [0.1, 0.15) is 33.1 Å². The quantitative estimate of drug-likeness (QED) is 0.634. The Morgan fingerprint density at radius 1 is 1.27 bits per heavy atom. The Hall–Kier alpha value is -0.160. The lowest BCUT2D eigenvalue weighted by molar-refractivity contribution is -0.199. The van der Waals surface area contributed by atoms with Gasteiger partial charge in [0, 0.05) is 0 Å². The molecule has 0 aromatic rings. The number of ether oxygens (including phenoxy) is 1. The highest BCUT2D eigenvalue weighted by atomic mass is 16.5. The van der Waals surface area contributed by atoms with Gasteiger partial charge in [0.2, 0.25) is 0 Å². The number of rotatable bonds is 4. The van der Waals surface area contributed by atoms with Crippen LogP contribution in [0.3, 0.4) is 0 Å². The molecule has 0 aliphatic carbocycles. The summed E-state index contributed by atoms with van der Waals surface area (Å²) >= 11 is 0. The predicted molar refractivity (Wildman–Crippen MR) is 56.4 cm³/mol. The Morgan fingerprint density at radius 2 is 1.93 bits per heavy atom. The molecule has 1 saturated heterocycles. The van der Waals surface area contributed by atoms with Crippen molar-refractivity contribution in [3.05, 3.63) is 0 Å². The normalized spacial score (nSPS) is 39.0. The molecule has 0 spiro atoms. The van der Waals surface area contributed by atoms with Crippen molar-refractivity contribution in [3.8, 4) is 0 Å². The summed E-state index contributed by atoms with van der Waals surface area (Å²) in [7, 11) is 0. The van der Waals surface area contributed by atoms with Gasteiger partial charge in [-0.05, 0) is 12.3 Å². The summed E-state index contributed by atoms with van der Waals surface area (Å²) < 4.78 is 5.37. The minimum absolute atomic E-state index is 0.110. The van der Waals surface area contributed by atoms with Crippen LogP contribution in [0.2, 0.25) is 0 Å². The molecule has 1 aliphatic rings. The van der Waals surface area contributed by atoms with Crippen LogP contribution in [0, 0.1) is 5.92 Å². The van der Waals surface area contributed by atoms with Gasteiger partial charge in [-0.15, -0.1) is 0 Å². The summed E-state index contributed by atoms with van der Waals surface area (Å²) in [5.41, 5.74) is 0. The summed E-state index contributed by atoms with van der Waals surface area (Å²) in [6.45, 7) is 4.23. The van der Waals surface area contributed by atoms with Crippen LogP contribution in [-0.4, -0.2) is 46.3 Å². The molecule has 0 aromatic heterocycles. The van der Waals surface area contributed by atoms with E-state index in [0.29, 0.717) is 0 Å². The van der Waals surface area contributed by atoms with Crippen LogP contribution >= 0.6 is 0 Å². The molecule has 5 atom stereocenters. The molecular weight excluding hydrogens is 196 g/mol. The van der Waals surface area contributed by atoms with Crippen molar-refractivity contribution in [2.75, 3.05) is 6.61 Å². The Kier molecular flexibility index (Phi) is 4.99. The van der Waals surface area contributed by atoms with E-state index >= 15 is 0 Å². The number of aliphatic hydroxyl groups is 3. The van der Waals surface area contributed by atoms with E-state index in [1.54, 1.807) is 0 Å². The Balaban J connectivity index is 2.47. The summed E-state index contributed by atoms with van der Waals surface area (Å²) in [6.07, 6.45) is -0.191. The third kappa shape index (κ3) is 3.14. The van der Waals surface area contributed by atoms with Gasteiger partial charge in [-0.3, -0.25) is 0 Å². The highest BCUT2D eigenvalue weighted by Gasteiger charge is 2.39. The molecular formula is C11H22O4. The van der Waals surface area contributed by atoms with Gasteiger partial charge in [-0.2, -0.15) is 0 Å². The fourth-order valence-electron chi connectivity index (χ4n) is 2.02. The lowest BCUT2D eigenvalue weighted by Crippen LogP contribution is -2.54. The molecule has 1 fully saturated rings. The van der Waals surface area contributed by atoms with E-state index in [-0.39, 0.29) is 18.6 Å². The average molecular weight is 218 g/mol. The zero-order valence-electron chi connectivity index (χ0n) is 9.47. The molecule has 0 bridgehead atoms. The van der Waals surface area contributed by atoms with E-state index in [0.717, 1.165) is 19.3 Å². The first-order chi connectivity index (χ1) is 7.07. The minimum Gasteiger partial charge on any atom is -0.388 e. The van der Waals surface area contributed by atoms with Gasteiger partial charge in [-0.1, -0.05) is 26.7 Å². The predicted octanol–water partition coefficient (Wildman–Crippen LogP) is 0.294. The van der Waals surface area contributed by atoms with Gasteiger partial charge in [0.15, 0.2) is 0 Å². The maximum atomic E-state index is 9.74. The summed E-state index contributed by atoms with van der Waals surface area (Å²) in [5, 5.41) is 28.5. The highest BCUT2D eigenvalue weighted by Crippen LogP contribution is 2.24. The largest absolute Gasteiger partial charge is 0.388 e. The molecule has 0 radical (unpaired) electrons. The molecule has 1 aliphatic heterocycles. The van der Waals surface area contributed by atoms with E-state index in [1.807, 2.05) is 6.92 Å². The van der Waals surface area contributed by atoms with Crippen molar-refractivity contribution in [2.45, 2.75) is 57.5 Å². The number of hydrogen-bond acceptors (Lipinski definition) is 4. The van der Waals surface area contributed by atoms with Crippen molar-refractivity contribution in [1.82, 2.24) is 0 Å². The fraction of sp³-hybridized carbons (Fsp3) is 1.00. The Labute approximate surface area is 90.9 Å². The fourth-order valence-corrected chi connectivity index (χ4v) is 2.02. The first-order valence-electron chi connectivity index (χ1n) is 5.73. The molecule has 4 nitrogen and oxygen atoms in total. The third-order valence-electron chi connectivity index (χ3n) is 3.11. The molecule has 15 heavy (non-hydrogen) atoms. The van der Waals surface area contributed by atoms with Gasteiger partial charge < -0.3 is 20.1 Å². The standard InChI is InChI=1S/C11H22O4/c1-3-4-5-7(2)11-10(14)9(13)8(12)6-15-11/h7-14H,3-6H2,1-2H3/t7?,8-,9+,10-,11?/m1/s1. The van der Waals surface area contributed by atoms with Crippen molar-refractivity contribution >= 4 is 0 Å². The average Bonchev–Trinajstić information content (AvgIpc) is 2.23. The Morgan fingerprint density at radius 3 is 2.53 bits per heavy atom. The zero-order chi connectivity index (χ0) is 11.4. The van der Waals surface area contributed by atoms with Crippen molar-refractivity contribution in [3.63, 3.8) is 0 Å². The van der Waals surface area contributed by atoms with Gasteiger partial charge in [0.1, 0.15) is 18.3 Å². The van der Waals surface area contributed by atoms with E-state index in [4.69, 9.17) is 4.74 Å². The van der Waals surface area contributed by atoms with Gasteiger partial charge in [0.25, 0.3) is 0 Å². The van der Waals surface area contributed by atoms with Crippen LogP contribution in [0.4, 0.5) is 0 Å². The lowest BCUT2D eigenvalue weighted by Gasteiger charge is -2.38. The number of unbranched alkanes of at least 4 members (excludes halogenated alkanes) is 1. The topological polar surface area (TPSA) is 69.9 Å². The van der Waals surface area contributed by atoms with Crippen molar-refractivity contribution in [1.29, 1.82) is 0 Å². The van der Waals surface area contributed by atoms with Gasteiger partial charge in [-0.25, -0.2) is 0 Å². The van der Waals surface area contributed by atoms with Gasteiger partial charge in [0.05, 0.1) is 12.7 Å². The van der Waals surface area contributed by atoms with Crippen LogP contribution < -0.4 is 0 Å². The molecule has 1 rings (SSSR count). The maximum absolute atomic E-state index is 9.74. The number of aliphatic hydroxyl groups excluding tert-OH is 3. The zero-order valence-corrected chi connectivity index (χ0v) is 9.47. The molecule has 0 saturated carbocycles. The third-order valence-corrected chi connectivity index (χ3v) is 3.11. The van der Waals surface area contributed by atoms with Crippen LogP contribution in [-0.2, 0) is 4.74 Å². The molecule has 0 amide bonds. The van der Waals surface area contributed by atoms with E-state index in [1.165, 1.54) is 0 Å². The van der Waals surface area contributed by atoms with E-state index in [2.05, 4.69) is 6.92 Å². The molecule has 0 aromatic carbocycles. The molecule has 90 valence electrons. The van der Waals surface area contributed by atoms with Crippen LogP contribution in [0.25, 0.3) is 0 Å². The van der Waals surface area contributed by atoms with E-state index in [9.17, 15) is 15.3 Å². The smallest absolute Gasteiger partial charge is 0.111 e. The van der Waals surface area contributed by atoms with E-state index < -0.39 is 18.3 Å².